The molecule has 0 radical (unpaired) electrons. The molecule has 9 heteroatoms. The number of nitro groups is 1. The van der Waals surface area contributed by atoms with Crippen LogP contribution >= 0.6 is 38.5 Å². The molecule has 0 aliphatic heterocycles. The van der Waals surface area contributed by atoms with Gasteiger partial charge in [0, 0.05) is 17.9 Å². The van der Waals surface area contributed by atoms with E-state index in [0.29, 0.717) is 0 Å². The van der Waals surface area contributed by atoms with Crippen LogP contribution in [0.15, 0.2) is 24.3 Å². The molecule has 1 N–H and O–H groups in total. The summed E-state index contributed by atoms with van der Waals surface area (Å²) in [6.07, 6.45) is -1.42. The topological polar surface area (TPSA) is 97.5 Å². The molecule has 0 saturated heterocycles. The van der Waals surface area contributed by atoms with Crippen molar-refractivity contribution in [3.8, 4) is 0 Å². The first kappa shape index (κ1) is 16.8. The molecule has 0 amide bonds. The van der Waals surface area contributed by atoms with E-state index < -0.39 is 22.5 Å². The molecule has 0 aliphatic rings. The molecule has 0 aliphatic carbocycles. The second-order valence-corrected chi connectivity index (χ2v) is 11.9. The summed E-state index contributed by atoms with van der Waals surface area (Å²) in [7, 11) is -3.59. The van der Waals surface area contributed by atoms with E-state index >= 15 is 0 Å². The minimum Gasteiger partial charge on any atom is -0.385 e. The van der Waals surface area contributed by atoms with E-state index in [9.17, 15) is 23.6 Å². The maximum Gasteiger partial charge on any atom is 0.269 e. The van der Waals surface area contributed by atoms with Crippen molar-refractivity contribution in [2.45, 2.75) is 14.7 Å². The van der Waals surface area contributed by atoms with Crippen molar-refractivity contribution in [2.24, 2.45) is 0 Å². The smallest absolute Gasteiger partial charge is 0.269 e. The van der Waals surface area contributed by atoms with E-state index in [2.05, 4.69) is 15.9 Å². The van der Waals surface area contributed by atoms with Crippen molar-refractivity contribution in [1.82, 2.24) is 0 Å². The fourth-order valence-corrected chi connectivity index (χ4v) is 4.47. The molecule has 0 heterocycles. The zero-order valence-corrected chi connectivity index (χ0v) is 14.3. The highest BCUT2D eigenvalue weighted by Gasteiger charge is 2.45. The number of nitrogens with zero attached hydrogens (tertiary/aromatic N) is 1. The van der Waals surface area contributed by atoms with Gasteiger partial charge >= 0.3 is 0 Å². The van der Waals surface area contributed by atoms with Gasteiger partial charge in [-0.15, -0.1) is 0 Å². The molecule has 106 valence electrons. The lowest BCUT2D eigenvalue weighted by atomic mass is 10.1. The Morgan fingerprint density at radius 1 is 1.58 bits per heavy atom. The van der Waals surface area contributed by atoms with E-state index in [4.69, 9.17) is 0 Å². The van der Waals surface area contributed by atoms with Crippen LogP contribution in [0, 0.1) is 10.1 Å². The summed E-state index contributed by atoms with van der Waals surface area (Å²) < 4.78 is 22.2. The number of rotatable bonds is 5. The Labute approximate surface area is 132 Å². The first-order chi connectivity index (χ1) is 8.63. The molecule has 1 aromatic carbocycles. The van der Waals surface area contributed by atoms with Crippen LogP contribution in [-0.4, -0.2) is 25.9 Å². The Hall–Kier alpha value is -0.260. The van der Waals surface area contributed by atoms with Gasteiger partial charge in [-0.05, 0) is 28.2 Å². The van der Waals surface area contributed by atoms with Crippen molar-refractivity contribution in [3.63, 3.8) is 0 Å². The maximum atomic E-state index is 11.9. The van der Waals surface area contributed by atoms with Crippen LogP contribution in [0.2, 0.25) is 0 Å². The van der Waals surface area contributed by atoms with Crippen molar-refractivity contribution < 1.29 is 18.4 Å². The summed E-state index contributed by atoms with van der Waals surface area (Å²) in [5.41, 5.74) is -0.0392. The average molecular weight is 464 g/mol. The highest BCUT2D eigenvalue weighted by molar-refractivity contribution is 14.1. The van der Waals surface area contributed by atoms with Crippen LogP contribution in [0.3, 0.4) is 0 Å². The third kappa shape index (κ3) is 3.44. The van der Waals surface area contributed by atoms with Gasteiger partial charge in [-0.2, -0.15) is 0 Å². The Bertz CT molecular complexity index is 589. The van der Waals surface area contributed by atoms with Crippen molar-refractivity contribution in [1.29, 1.82) is 0 Å². The van der Waals surface area contributed by atoms with E-state index in [-0.39, 0.29) is 17.0 Å². The third-order valence-corrected chi connectivity index (χ3v) is 8.84. The average Bonchev–Trinajstić information content (AvgIpc) is 2.37. The number of alkyl halides is 2. The molecule has 6 nitrogen and oxygen atoms in total. The van der Waals surface area contributed by atoms with Crippen LogP contribution < -0.4 is 0 Å². The molecular formula is C10H11BrINO5S. The second kappa shape index (κ2) is 6.02. The largest absolute Gasteiger partial charge is 0.385 e. The van der Waals surface area contributed by atoms with Crippen LogP contribution in [0.25, 0.3) is 0 Å². The monoisotopic (exact) mass is 463 g/mol. The molecular weight excluding hydrogens is 453 g/mol. The van der Waals surface area contributed by atoms with Gasteiger partial charge in [0.15, 0.2) is 9.84 Å². The number of nitro benzene ring substituents is 1. The van der Waals surface area contributed by atoms with E-state index in [1.165, 1.54) is 25.1 Å². The van der Waals surface area contributed by atoms with Gasteiger partial charge in [-0.3, -0.25) is 10.1 Å². The summed E-state index contributed by atoms with van der Waals surface area (Å²) in [5.74, 6) is -0.160. The van der Waals surface area contributed by atoms with Crippen LogP contribution in [0.4, 0.5) is 5.69 Å². The molecule has 19 heavy (non-hydrogen) atoms. The summed E-state index contributed by atoms with van der Waals surface area (Å²) in [6, 6.07) is 5.27. The Morgan fingerprint density at radius 3 is 2.63 bits per heavy atom. The lowest BCUT2D eigenvalue weighted by Gasteiger charge is -2.26. The number of hydrogen-bond donors (Lipinski definition) is 1. The third-order valence-electron chi connectivity index (χ3n) is 2.51. The first-order valence-electron chi connectivity index (χ1n) is 5.16. The van der Waals surface area contributed by atoms with Gasteiger partial charge < -0.3 is 5.11 Å². The summed E-state index contributed by atoms with van der Waals surface area (Å²) in [5, 5.41) is 20.8. The molecule has 0 fully saturated rings. The molecule has 0 bridgehead atoms. The fourth-order valence-electron chi connectivity index (χ4n) is 1.36. The van der Waals surface area contributed by atoms with Gasteiger partial charge in [0.25, 0.3) is 5.69 Å². The fraction of sp³-hybridized carbons (Fsp3) is 0.400. The van der Waals surface area contributed by atoms with E-state index in [1.54, 1.807) is 22.6 Å². The SMILES string of the molecule is CCS(=O)(=O)[C@](Br)(I)[C@H](O)c1cccc([N+](=O)[O-])c1. The van der Waals surface area contributed by atoms with Gasteiger partial charge in [-0.25, -0.2) is 8.42 Å². The lowest BCUT2D eigenvalue weighted by Crippen LogP contribution is -2.33. The highest BCUT2D eigenvalue weighted by Crippen LogP contribution is 2.45. The minimum absolute atomic E-state index is 0.160. The summed E-state index contributed by atoms with van der Waals surface area (Å²) in [6.45, 7) is 1.46. The number of aliphatic hydroxyl groups excluding tert-OH is 1. The van der Waals surface area contributed by atoms with Crippen LogP contribution in [-0.2, 0) is 9.84 Å². The number of benzene rings is 1. The molecule has 0 aromatic heterocycles. The summed E-state index contributed by atoms with van der Waals surface area (Å²) in [4.78, 5) is 10.1. The molecule has 0 spiro atoms. The van der Waals surface area contributed by atoms with E-state index in [1.807, 2.05) is 0 Å². The first-order valence-corrected chi connectivity index (χ1v) is 8.68. The predicted octanol–water partition coefficient (Wildman–Crippen LogP) is 2.55. The van der Waals surface area contributed by atoms with E-state index in [0.717, 1.165) is 6.07 Å². The van der Waals surface area contributed by atoms with Gasteiger partial charge in [0.05, 0.1) is 4.92 Å². The number of halogens is 2. The summed E-state index contributed by atoms with van der Waals surface area (Å²) >= 11 is 4.59. The molecule has 1 rings (SSSR count). The van der Waals surface area contributed by atoms with Crippen molar-refractivity contribution in [3.05, 3.63) is 39.9 Å². The predicted molar refractivity (Wildman–Crippen MR) is 83.2 cm³/mol. The van der Waals surface area contributed by atoms with Gasteiger partial charge in [0.2, 0.25) is 1.66 Å². The Morgan fingerprint density at radius 2 is 2.16 bits per heavy atom. The normalized spacial score (nSPS) is 16.6. The maximum absolute atomic E-state index is 11.9. The minimum atomic E-state index is -3.59. The molecule has 0 saturated carbocycles. The van der Waals surface area contributed by atoms with Gasteiger partial charge in [0.1, 0.15) is 6.10 Å². The zero-order chi connectivity index (χ0) is 14.8. The Kier molecular flexibility index (Phi) is 5.32. The highest BCUT2D eigenvalue weighted by atomic mass is 127. The number of hydrogen-bond acceptors (Lipinski definition) is 5. The van der Waals surface area contributed by atoms with Gasteiger partial charge in [-0.1, -0.05) is 35.0 Å². The van der Waals surface area contributed by atoms with Crippen molar-refractivity contribution >= 4 is 54.0 Å². The Balaban J connectivity index is 3.24. The molecule has 2 atom stereocenters. The second-order valence-electron chi connectivity index (χ2n) is 3.72. The number of non-ortho nitro benzene ring substituents is 1. The van der Waals surface area contributed by atoms with Crippen molar-refractivity contribution in [2.75, 3.05) is 5.75 Å². The molecule has 0 unspecified atom stereocenters. The standard InChI is InChI=1S/C10H11BrINO5S/c1-2-19(17,18)10(11,12)9(14)7-4-3-5-8(6-7)13(15)16/h3-6,9,14H,2H2,1H3/t9-,10-/m1/s1. The lowest BCUT2D eigenvalue weighted by molar-refractivity contribution is -0.385. The quantitative estimate of drug-likeness (QED) is 0.313. The zero-order valence-electron chi connectivity index (χ0n) is 9.79. The number of aliphatic hydroxyl groups is 1. The van der Waals surface area contributed by atoms with Crippen LogP contribution in [0.5, 0.6) is 0 Å². The molecule has 1 aromatic rings. The van der Waals surface area contributed by atoms with Crippen LogP contribution in [0.1, 0.15) is 18.6 Å². The number of sulfone groups is 1.